The molecule has 1 aliphatic carbocycles. The average Bonchev–Trinajstić information content (AvgIpc) is 3.45. The summed E-state index contributed by atoms with van der Waals surface area (Å²) in [5, 5.41) is 0. The average molecular weight is 359 g/mol. The standard InChI is InChI=1S/C25H30N2/c1-2-6-23(7-3-1)27-18-22-12-13-24(25(22)19-27)21-10-8-20(9-11-21)14-17-26-15-4-5-16-26/h1-3,6-11,13,22,25H,4-5,12,14-19H2. The largest absolute Gasteiger partial charge is 0.371 e. The quantitative estimate of drug-likeness (QED) is 0.753. The van der Waals surface area contributed by atoms with Gasteiger partial charge in [-0.25, -0.2) is 0 Å². The maximum absolute atomic E-state index is 2.61. The van der Waals surface area contributed by atoms with Gasteiger partial charge in [-0.1, -0.05) is 48.5 Å². The van der Waals surface area contributed by atoms with E-state index in [0.717, 1.165) is 12.5 Å². The van der Waals surface area contributed by atoms with Crippen molar-refractivity contribution in [3.63, 3.8) is 0 Å². The van der Waals surface area contributed by atoms with Crippen molar-refractivity contribution in [3.05, 3.63) is 71.8 Å². The smallest absolute Gasteiger partial charge is 0.0366 e. The molecule has 2 unspecified atom stereocenters. The third-order valence-electron chi connectivity index (χ3n) is 6.80. The zero-order valence-electron chi connectivity index (χ0n) is 16.2. The second kappa shape index (κ2) is 7.52. The minimum atomic E-state index is 0.695. The molecular weight excluding hydrogens is 328 g/mol. The Morgan fingerprint density at radius 1 is 0.852 bits per heavy atom. The van der Waals surface area contributed by atoms with Gasteiger partial charge in [-0.3, -0.25) is 0 Å². The van der Waals surface area contributed by atoms with Crippen molar-refractivity contribution in [1.29, 1.82) is 0 Å². The van der Waals surface area contributed by atoms with E-state index >= 15 is 0 Å². The van der Waals surface area contributed by atoms with E-state index in [4.69, 9.17) is 0 Å². The Hall–Kier alpha value is -2.06. The van der Waals surface area contributed by atoms with Crippen LogP contribution in [0.15, 0.2) is 60.7 Å². The van der Waals surface area contributed by atoms with Gasteiger partial charge in [0.25, 0.3) is 0 Å². The minimum absolute atomic E-state index is 0.695. The first-order valence-corrected chi connectivity index (χ1v) is 10.7. The minimum Gasteiger partial charge on any atom is -0.371 e. The van der Waals surface area contributed by atoms with Crippen molar-refractivity contribution < 1.29 is 0 Å². The van der Waals surface area contributed by atoms with Gasteiger partial charge >= 0.3 is 0 Å². The summed E-state index contributed by atoms with van der Waals surface area (Å²) >= 11 is 0. The summed E-state index contributed by atoms with van der Waals surface area (Å²) in [5.41, 5.74) is 5.90. The summed E-state index contributed by atoms with van der Waals surface area (Å²) in [7, 11) is 0. The second-order valence-corrected chi connectivity index (χ2v) is 8.50. The summed E-state index contributed by atoms with van der Waals surface area (Å²) in [6.07, 6.45) is 7.70. The molecular formula is C25H30N2. The van der Waals surface area contributed by atoms with Crippen molar-refractivity contribution in [3.8, 4) is 0 Å². The Morgan fingerprint density at radius 3 is 2.41 bits per heavy atom. The van der Waals surface area contributed by atoms with Gasteiger partial charge in [0, 0.05) is 31.2 Å². The van der Waals surface area contributed by atoms with Gasteiger partial charge in [0.2, 0.25) is 0 Å². The third kappa shape index (κ3) is 3.55. The van der Waals surface area contributed by atoms with Gasteiger partial charge in [0.05, 0.1) is 0 Å². The molecule has 2 aromatic rings. The summed E-state index contributed by atoms with van der Waals surface area (Å²) < 4.78 is 0. The first-order valence-electron chi connectivity index (χ1n) is 10.7. The van der Waals surface area contributed by atoms with Gasteiger partial charge in [0.1, 0.15) is 0 Å². The molecule has 0 spiro atoms. The molecule has 0 N–H and O–H groups in total. The number of fused-ring (bicyclic) bond motifs is 1. The predicted molar refractivity (Wildman–Crippen MR) is 114 cm³/mol. The van der Waals surface area contributed by atoms with Crippen LogP contribution < -0.4 is 4.90 Å². The summed E-state index contributed by atoms with van der Waals surface area (Å²) in [6, 6.07) is 20.4. The molecule has 2 aromatic carbocycles. The van der Waals surface area contributed by atoms with E-state index in [-0.39, 0.29) is 0 Å². The van der Waals surface area contributed by atoms with Crippen molar-refractivity contribution in [2.75, 3.05) is 37.6 Å². The van der Waals surface area contributed by atoms with E-state index < -0.39 is 0 Å². The molecule has 140 valence electrons. The molecule has 0 radical (unpaired) electrons. The number of hydrogen-bond acceptors (Lipinski definition) is 2. The molecule has 2 nitrogen and oxygen atoms in total. The van der Waals surface area contributed by atoms with Crippen LogP contribution in [0, 0.1) is 11.8 Å². The van der Waals surface area contributed by atoms with Crippen molar-refractivity contribution in [1.82, 2.24) is 4.90 Å². The summed E-state index contributed by atoms with van der Waals surface area (Å²) in [5.74, 6) is 1.48. The fourth-order valence-corrected chi connectivity index (χ4v) is 5.23. The lowest BCUT2D eigenvalue weighted by atomic mass is 9.90. The number of allylic oxidation sites excluding steroid dienone is 1. The number of likely N-dealkylation sites (tertiary alicyclic amines) is 1. The number of hydrogen-bond donors (Lipinski definition) is 0. The molecule has 0 saturated carbocycles. The highest BCUT2D eigenvalue weighted by Crippen LogP contribution is 2.44. The van der Waals surface area contributed by atoms with E-state index in [1.807, 2.05) is 0 Å². The highest BCUT2D eigenvalue weighted by atomic mass is 15.2. The first kappa shape index (κ1) is 17.1. The number of anilines is 1. The fourth-order valence-electron chi connectivity index (χ4n) is 5.23. The van der Waals surface area contributed by atoms with Gasteiger partial charge in [-0.15, -0.1) is 0 Å². The topological polar surface area (TPSA) is 6.48 Å². The predicted octanol–water partition coefficient (Wildman–Crippen LogP) is 4.86. The van der Waals surface area contributed by atoms with Gasteiger partial charge in [-0.05, 0) is 73.5 Å². The normalized spacial score (nSPS) is 25.0. The molecule has 2 heterocycles. The lowest BCUT2D eigenvalue weighted by Gasteiger charge is -2.20. The number of para-hydroxylation sites is 1. The van der Waals surface area contributed by atoms with Crippen LogP contribution in [-0.2, 0) is 6.42 Å². The second-order valence-electron chi connectivity index (χ2n) is 8.50. The summed E-state index contributed by atoms with van der Waals surface area (Å²) in [4.78, 5) is 5.18. The fraction of sp³-hybridized carbons (Fsp3) is 0.440. The van der Waals surface area contributed by atoms with Gasteiger partial charge < -0.3 is 9.80 Å². The maximum atomic E-state index is 2.61. The van der Waals surface area contributed by atoms with Crippen LogP contribution in [-0.4, -0.2) is 37.6 Å². The van der Waals surface area contributed by atoms with E-state index in [2.05, 4.69) is 70.5 Å². The first-order chi connectivity index (χ1) is 13.4. The molecule has 0 bridgehead atoms. The number of benzene rings is 2. The van der Waals surface area contributed by atoms with Crippen LogP contribution in [0.1, 0.15) is 30.4 Å². The van der Waals surface area contributed by atoms with Gasteiger partial charge in [-0.2, -0.15) is 0 Å². The zero-order chi connectivity index (χ0) is 18.1. The molecule has 2 atom stereocenters. The maximum Gasteiger partial charge on any atom is 0.0366 e. The monoisotopic (exact) mass is 358 g/mol. The molecule has 0 amide bonds. The number of rotatable bonds is 5. The molecule has 0 aromatic heterocycles. The van der Waals surface area contributed by atoms with Crippen LogP contribution in [0.5, 0.6) is 0 Å². The van der Waals surface area contributed by atoms with E-state index in [1.54, 1.807) is 5.57 Å². The van der Waals surface area contributed by atoms with E-state index in [1.165, 1.54) is 68.7 Å². The Morgan fingerprint density at radius 2 is 1.63 bits per heavy atom. The molecule has 5 rings (SSSR count). The van der Waals surface area contributed by atoms with Crippen molar-refractivity contribution >= 4 is 11.3 Å². The molecule has 3 aliphatic rings. The van der Waals surface area contributed by atoms with Crippen LogP contribution in [0.2, 0.25) is 0 Å². The Balaban J connectivity index is 1.24. The molecule has 2 heteroatoms. The van der Waals surface area contributed by atoms with E-state index in [0.29, 0.717) is 5.92 Å². The molecule has 27 heavy (non-hydrogen) atoms. The lowest BCUT2D eigenvalue weighted by Crippen LogP contribution is -2.21. The SMILES string of the molecule is C1=C(c2ccc(CCN3CCCC3)cc2)C2CN(c3ccccc3)CC2C1. The van der Waals surface area contributed by atoms with Crippen molar-refractivity contribution in [2.24, 2.45) is 11.8 Å². The van der Waals surface area contributed by atoms with Gasteiger partial charge in [0.15, 0.2) is 0 Å². The molecule has 2 aliphatic heterocycles. The van der Waals surface area contributed by atoms with Crippen LogP contribution in [0.25, 0.3) is 5.57 Å². The number of nitrogens with zero attached hydrogens (tertiary/aromatic N) is 2. The Labute approximate surface area is 163 Å². The molecule has 2 saturated heterocycles. The lowest BCUT2D eigenvalue weighted by molar-refractivity contribution is 0.343. The highest BCUT2D eigenvalue weighted by molar-refractivity contribution is 5.72. The van der Waals surface area contributed by atoms with Crippen LogP contribution >= 0.6 is 0 Å². The van der Waals surface area contributed by atoms with Crippen LogP contribution in [0.4, 0.5) is 5.69 Å². The third-order valence-corrected chi connectivity index (χ3v) is 6.80. The Bertz CT molecular complexity index is 787. The highest BCUT2D eigenvalue weighted by Gasteiger charge is 2.38. The summed E-state index contributed by atoms with van der Waals surface area (Å²) in [6.45, 7) is 6.18. The van der Waals surface area contributed by atoms with Crippen LogP contribution in [0.3, 0.4) is 0 Å². The van der Waals surface area contributed by atoms with E-state index in [9.17, 15) is 0 Å². The Kier molecular flexibility index (Phi) is 4.75. The molecule has 2 fully saturated rings. The van der Waals surface area contributed by atoms with Crippen molar-refractivity contribution in [2.45, 2.75) is 25.7 Å². The zero-order valence-corrected chi connectivity index (χ0v) is 16.2.